The molecule has 0 bridgehead atoms. The van der Waals surface area contributed by atoms with Gasteiger partial charge in [0.05, 0.1) is 41.6 Å². The fourth-order valence-corrected chi connectivity index (χ4v) is 5.65. The van der Waals surface area contributed by atoms with Gasteiger partial charge in [0, 0.05) is 29.5 Å². The molecular weight excluding hydrogens is 585 g/mol. The van der Waals surface area contributed by atoms with E-state index in [1.165, 1.54) is 35.5 Å². The predicted molar refractivity (Wildman–Crippen MR) is 163 cm³/mol. The van der Waals surface area contributed by atoms with Gasteiger partial charge in [0.15, 0.2) is 0 Å². The summed E-state index contributed by atoms with van der Waals surface area (Å²) in [5, 5.41) is 6.39. The highest BCUT2D eigenvalue weighted by Gasteiger charge is 2.41. The number of likely N-dealkylation sites (N-methyl/N-ethyl adjacent to an activating group) is 1. The minimum absolute atomic E-state index is 0.00267. The van der Waals surface area contributed by atoms with Crippen LogP contribution in [0.4, 0.5) is 24.5 Å². The summed E-state index contributed by atoms with van der Waals surface area (Å²) in [6.07, 6.45) is 1.81. The highest BCUT2D eigenvalue weighted by atomic mass is 19.4. The normalized spacial score (nSPS) is 17.5. The fraction of sp³-hybridized carbons (Fsp3) is 0.303. The van der Waals surface area contributed by atoms with Crippen molar-refractivity contribution in [1.82, 2.24) is 20.6 Å². The number of benzene rings is 2. The topological polar surface area (TPSA) is 108 Å². The lowest BCUT2D eigenvalue weighted by atomic mass is 9.99. The Kier molecular flexibility index (Phi) is 8.00. The van der Waals surface area contributed by atoms with E-state index < -0.39 is 41.5 Å². The van der Waals surface area contributed by atoms with E-state index >= 15 is 0 Å². The zero-order valence-corrected chi connectivity index (χ0v) is 24.6. The molecule has 2 unspecified atom stereocenters. The van der Waals surface area contributed by atoms with E-state index in [0.29, 0.717) is 5.52 Å². The molecule has 2 N–H and O–H groups in total. The van der Waals surface area contributed by atoms with Crippen LogP contribution in [0.5, 0.6) is 0 Å². The number of rotatable bonds is 7. The molecule has 3 amide bonds. The lowest BCUT2D eigenvalue weighted by Gasteiger charge is -2.28. The standard InChI is InChI=1S/C33H31F3N6O3/c1-19(37-2)30(43)40-27-18-42(31(44)21-11-13-38-14-12-21)29-15-22(33(34,35)36)9-10-28(29)41(32(27)45)17-25-23-5-3-4-6-26(23)39-16-24(25)20-7-8-20/h3-6,9-16,19-20,27,37H,7-8,17-18H2,1-2H3,(H,40,43). The number of nitrogens with zero attached hydrogens (tertiary/aromatic N) is 4. The number of halogens is 3. The molecule has 2 aromatic carbocycles. The molecule has 0 radical (unpaired) electrons. The Morgan fingerprint density at radius 3 is 2.47 bits per heavy atom. The van der Waals surface area contributed by atoms with Gasteiger partial charge >= 0.3 is 6.18 Å². The number of nitrogens with one attached hydrogen (secondary N) is 2. The minimum atomic E-state index is -4.71. The number of hydrogen-bond acceptors (Lipinski definition) is 6. The highest BCUT2D eigenvalue weighted by Crippen LogP contribution is 2.45. The zero-order chi connectivity index (χ0) is 31.9. The predicted octanol–water partition coefficient (Wildman–Crippen LogP) is 4.81. The Bertz CT molecular complexity index is 1780. The molecular formula is C33H31F3N6O3. The number of alkyl halides is 3. The molecule has 3 heterocycles. The summed E-state index contributed by atoms with van der Waals surface area (Å²) in [6.45, 7) is 1.22. The fourth-order valence-electron chi connectivity index (χ4n) is 5.65. The smallest absolute Gasteiger partial charge is 0.341 e. The molecule has 2 atom stereocenters. The van der Waals surface area contributed by atoms with Crippen LogP contribution in [0, 0.1) is 0 Å². The van der Waals surface area contributed by atoms with Gasteiger partial charge < -0.3 is 20.4 Å². The first-order valence-corrected chi connectivity index (χ1v) is 14.7. The van der Waals surface area contributed by atoms with Crippen LogP contribution in [0.1, 0.15) is 52.7 Å². The molecule has 1 aliphatic heterocycles. The van der Waals surface area contributed by atoms with Gasteiger partial charge in [-0.25, -0.2) is 0 Å². The third-order valence-corrected chi connectivity index (χ3v) is 8.38. The first-order chi connectivity index (χ1) is 21.6. The van der Waals surface area contributed by atoms with Crippen molar-refractivity contribution >= 4 is 40.0 Å². The molecule has 0 spiro atoms. The molecule has 1 fully saturated rings. The maximum Gasteiger partial charge on any atom is 0.416 e. The van der Waals surface area contributed by atoms with Crippen molar-refractivity contribution in [3.05, 3.63) is 95.4 Å². The number of pyridine rings is 2. The van der Waals surface area contributed by atoms with E-state index in [0.717, 1.165) is 46.4 Å². The van der Waals surface area contributed by atoms with Gasteiger partial charge in [0.25, 0.3) is 11.8 Å². The second-order valence-corrected chi connectivity index (χ2v) is 11.3. The third kappa shape index (κ3) is 5.97. The Morgan fingerprint density at radius 2 is 1.78 bits per heavy atom. The van der Waals surface area contributed by atoms with E-state index in [4.69, 9.17) is 0 Å². The molecule has 12 heteroatoms. The van der Waals surface area contributed by atoms with Gasteiger partial charge in [-0.15, -0.1) is 0 Å². The summed E-state index contributed by atoms with van der Waals surface area (Å²) >= 11 is 0. The number of fused-ring (bicyclic) bond motifs is 2. The first-order valence-electron chi connectivity index (χ1n) is 14.7. The molecule has 6 rings (SSSR count). The van der Waals surface area contributed by atoms with E-state index in [1.54, 1.807) is 20.2 Å². The van der Waals surface area contributed by atoms with E-state index in [2.05, 4.69) is 20.6 Å². The molecule has 4 aromatic rings. The molecule has 232 valence electrons. The van der Waals surface area contributed by atoms with Crippen LogP contribution in [0.25, 0.3) is 10.9 Å². The number of amides is 3. The number of aromatic nitrogens is 2. The monoisotopic (exact) mass is 616 g/mol. The summed E-state index contributed by atoms with van der Waals surface area (Å²) in [6, 6.07) is 11.5. The molecule has 1 saturated carbocycles. The highest BCUT2D eigenvalue weighted by molar-refractivity contribution is 6.13. The minimum Gasteiger partial charge on any atom is -0.341 e. The van der Waals surface area contributed by atoms with Crippen LogP contribution in [0.2, 0.25) is 0 Å². The Morgan fingerprint density at radius 1 is 1.04 bits per heavy atom. The third-order valence-electron chi connectivity index (χ3n) is 8.38. The summed E-state index contributed by atoms with van der Waals surface area (Å²) in [5.74, 6) is -1.44. The van der Waals surface area contributed by atoms with Crippen molar-refractivity contribution in [1.29, 1.82) is 0 Å². The van der Waals surface area contributed by atoms with Crippen LogP contribution >= 0.6 is 0 Å². The van der Waals surface area contributed by atoms with Gasteiger partial charge in [-0.2, -0.15) is 13.2 Å². The van der Waals surface area contributed by atoms with Crippen LogP contribution < -0.4 is 20.4 Å². The lowest BCUT2D eigenvalue weighted by Crippen LogP contribution is -2.55. The number of carbonyl (C=O) groups excluding carboxylic acids is 3. The second kappa shape index (κ2) is 11.9. The molecule has 2 aliphatic rings. The number of carbonyl (C=O) groups is 3. The molecule has 45 heavy (non-hydrogen) atoms. The Hall–Kier alpha value is -4.84. The average Bonchev–Trinajstić information content (AvgIpc) is 3.90. The largest absolute Gasteiger partial charge is 0.416 e. The number of para-hydroxylation sites is 1. The molecule has 2 aromatic heterocycles. The Labute approximate surface area is 257 Å². The Balaban J connectivity index is 1.54. The summed E-state index contributed by atoms with van der Waals surface area (Å²) in [5.41, 5.74) is 1.73. The quantitative estimate of drug-likeness (QED) is 0.309. The molecule has 9 nitrogen and oxygen atoms in total. The van der Waals surface area contributed by atoms with Gasteiger partial charge in [0.2, 0.25) is 5.91 Å². The number of hydrogen-bond donors (Lipinski definition) is 2. The van der Waals surface area contributed by atoms with Crippen LogP contribution in [0.3, 0.4) is 0 Å². The van der Waals surface area contributed by atoms with Crippen LogP contribution in [-0.2, 0) is 22.3 Å². The van der Waals surface area contributed by atoms with Gasteiger partial charge in [0.1, 0.15) is 6.04 Å². The summed E-state index contributed by atoms with van der Waals surface area (Å²) in [7, 11) is 1.59. The van der Waals surface area contributed by atoms with Gasteiger partial charge in [-0.05, 0) is 80.3 Å². The van der Waals surface area contributed by atoms with Crippen molar-refractivity contribution < 1.29 is 27.6 Å². The van der Waals surface area contributed by atoms with Crippen molar-refractivity contribution in [3.8, 4) is 0 Å². The molecule has 1 aliphatic carbocycles. The average molecular weight is 617 g/mol. The molecule has 0 saturated heterocycles. The van der Waals surface area contributed by atoms with E-state index in [-0.39, 0.29) is 35.9 Å². The second-order valence-electron chi connectivity index (χ2n) is 11.3. The summed E-state index contributed by atoms with van der Waals surface area (Å²) < 4.78 is 42.2. The van der Waals surface area contributed by atoms with Crippen molar-refractivity contribution in [2.24, 2.45) is 0 Å². The zero-order valence-electron chi connectivity index (χ0n) is 24.6. The van der Waals surface area contributed by atoms with Gasteiger partial charge in [-0.1, -0.05) is 18.2 Å². The number of anilines is 2. The van der Waals surface area contributed by atoms with Crippen molar-refractivity contribution in [2.45, 2.75) is 50.5 Å². The van der Waals surface area contributed by atoms with E-state index in [9.17, 15) is 27.6 Å². The van der Waals surface area contributed by atoms with Crippen molar-refractivity contribution in [2.75, 3.05) is 23.4 Å². The SMILES string of the molecule is CNC(C)C(=O)NC1CN(C(=O)c2ccncc2)c2cc(C(F)(F)F)ccc2N(Cc2c(C3CC3)cnc3ccccc23)C1=O. The van der Waals surface area contributed by atoms with Crippen LogP contribution in [0.15, 0.2) is 73.2 Å². The van der Waals surface area contributed by atoms with Crippen molar-refractivity contribution in [3.63, 3.8) is 0 Å². The summed E-state index contributed by atoms with van der Waals surface area (Å²) in [4.78, 5) is 52.6. The lowest BCUT2D eigenvalue weighted by molar-refractivity contribution is -0.137. The maximum atomic E-state index is 14.5. The maximum absolute atomic E-state index is 14.5. The first kappa shape index (κ1) is 30.2. The van der Waals surface area contributed by atoms with Gasteiger partial charge in [-0.3, -0.25) is 24.4 Å². The van der Waals surface area contributed by atoms with Crippen LogP contribution in [-0.4, -0.2) is 53.4 Å². The van der Waals surface area contributed by atoms with E-state index in [1.807, 2.05) is 24.3 Å².